The van der Waals surface area contributed by atoms with Crippen molar-refractivity contribution in [3.8, 4) is 0 Å². The molecule has 1 spiro atoms. The van der Waals surface area contributed by atoms with Gasteiger partial charge in [-0.15, -0.1) is 0 Å². The summed E-state index contributed by atoms with van der Waals surface area (Å²) in [5.74, 6) is 0.328. The number of amides is 1. The lowest BCUT2D eigenvalue weighted by atomic mass is 9.90. The molecule has 1 heterocycles. The minimum Gasteiger partial charge on any atom is -0.347 e. The van der Waals surface area contributed by atoms with Crippen LogP contribution in [0.15, 0.2) is 18.2 Å². The van der Waals surface area contributed by atoms with Gasteiger partial charge in [0, 0.05) is 5.92 Å². The fraction of sp³-hybridized carbons (Fsp3) is 0.588. The van der Waals surface area contributed by atoms with Crippen molar-refractivity contribution in [1.29, 1.82) is 0 Å². The summed E-state index contributed by atoms with van der Waals surface area (Å²) in [7, 11) is 0. The van der Waals surface area contributed by atoms with E-state index in [4.69, 9.17) is 23.2 Å². The number of piperidine rings is 1. The second-order valence-electron chi connectivity index (χ2n) is 7.11. The van der Waals surface area contributed by atoms with Crippen LogP contribution in [-0.2, 0) is 10.3 Å². The third-order valence-electron chi connectivity index (χ3n) is 5.18. The summed E-state index contributed by atoms with van der Waals surface area (Å²) in [5, 5.41) is 7.61. The van der Waals surface area contributed by atoms with Gasteiger partial charge in [-0.25, -0.2) is 0 Å². The zero-order valence-corrected chi connectivity index (χ0v) is 14.5. The molecule has 5 heteroatoms. The Hall–Kier alpha value is -0.770. The highest BCUT2D eigenvalue weighted by Gasteiger charge is 2.58. The summed E-state index contributed by atoms with van der Waals surface area (Å²) >= 11 is 12.1. The molecule has 3 nitrogen and oxygen atoms in total. The summed E-state index contributed by atoms with van der Waals surface area (Å²) in [6.45, 7) is 6.06. The van der Waals surface area contributed by atoms with Gasteiger partial charge in [-0.05, 0) is 69.3 Å². The number of hydrogen-bond acceptors (Lipinski definition) is 2. The molecule has 0 aromatic heterocycles. The zero-order chi connectivity index (χ0) is 16.0. The van der Waals surface area contributed by atoms with Crippen LogP contribution in [0.5, 0.6) is 0 Å². The molecule has 1 saturated heterocycles. The van der Waals surface area contributed by atoms with Gasteiger partial charge in [0.1, 0.15) is 0 Å². The highest BCUT2D eigenvalue weighted by Crippen LogP contribution is 2.58. The molecular formula is C17H22Cl2N2O. The SMILES string of the molecule is CC(C)(NC(=O)C1CC12CCNCC2)c1ccc(Cl)c(Cl)c1. The van der Waals surface area contributed by atoms with Crippen molar-refractivity contribution in [1.82, 2.24) is 10.6 Å². The molecule has 120 valence electrons. The van der Waals surface area contributed by atoms with E-state index in [1.807, 2.05) is 26.0 Å². The molecule has 1 amide bonds. The molecule has 1 saturated carbocycles. The number of carbonyl (C=O) groups is 1. The first-order valence-electron chi connectivity index (χ1n) is 7.82. The molecule has 0 bridgehead atoms. The Labute approximate surface area is 141 Å². The quantitative estimate of drug-likeness (QED) is 0.879. The highest BCUT2D eigenvalue weighted by atomic mass is 35.5. The minimum atomic E-state index is -0.456. The van der Waals surface area contributed by atoms with E-state index in [1.165, 1.54) is 0 Å². The second kappa shape index (κ2) is 5.70. The Morgan fingerprint density at radius 2 is 1.95 bits per heavy atom. The summed E-state index contributed by atoms with van der Waals surface area (Å²) in [4.78, 5) is 12.6. The van der Waals surface area contributed by atoms with Crippen LogP contribution in [0.25, 0.3) is 0 Å². The standard InChI is InChI=1S/C17H22Cl2N2O/c1-16(2,11-3-4-13(18)14(19)9-11)21-15(22)12-10-17(12)5-7-20-8-6-17/h3-4,9,12,20H,5-8,10H2,1-2H3,(H,21,22). The van der Waals surface area contributed by atoms with E-state index in [9.17, 15) is 4.79 Å². The van der Waals surface area contributed by atoms with Crippen LogP contribution in [0.2, 0.25) is 10.0 Å². The van der Waals surface area contributed by atoms with E-state index in [0.717, 1.165) is 37.9 Å². The lowest BCUT2D eigenvalue weighted by Crippen LogP contribution is -2.43. The third-order valence-corrected chi connectivity index (χ3v) is 5.92. The predicted molar refractivity (Wildman–Crippen MR) is 90.3 cm³/mol. The molecule has 1 aliphatic carbocycles. The summed E-state index contributed by atoms with van der Waals surface area (Å²) in [5.41, 5.74) is 0.765. The average molecular weight is 341 g/mol. The van der Waals surface area contributed by atoms with Crippen molar-refractivity contribution in [3.63, 3.8) is 0 Å². The summed E-state index contributed by atoms with van der Waals surface area (Å²) in [6, 6.07) is 5.53. The number of benzene rings is 1. The first-order valence-corrected chi connectivity index (χ1v) is 8.58. The van der Waals surface area contributed by atoms with Crippen LogP contribution in [0.1, 0.15) is 38.7 Å². The summed E-state index contributed by atoms with van der Waals surface area (Å²) < 4.78 is 0. The number of hydrogen-bond donors (Lipinski definition) is 2. The third kappa shape index (κ3) is 2.99. The Morgan fingerprint density at radius 1 is 1.27 bits per heavy atom. The molecule has 22 heavy (non-hydrogen) atoms. The zero-order valence-electron chi connectivity index (χ0n) is 13.0. The first-order chi connectivity index (χ1) is 10.3. The number of halogens is 2. The second-order valence-corrected chi connectivity index (χ2v) is 7.93. The van der Waals surface area contributed by atoms with E-state index in [2.05, 4.69) is 10.6 Å². The van der Waals surface area contributed by atoms with Gasteiger partial charge in [0.2, 0.25) is 5.91 Å². The average Bonchev–Trinajstić information content (AvgIpc) is 3.15. The summed E-state index contributed by atoms with van der Waals surface area (Å²) in [6.07, 6.45) is 3.24. The molecule has 3 rings (SSSR count). The lowest BCUT2D eigenvalue weighted by Gasteiger charge is -2.29. The first kappa shape index (κ1) is 16.1. The monoisotopic (exact) mass is 340 g/mol. The lowest BCUT2D eigenvalue weighted by molar-refractivity contribution is -0.125. The molecule has 1 atom stereocenters. The molecule has 1 unspecified atom stereocenters. The van der Waals surface area contributed by atoms with Crippen LogP contribution in [0.4, 0.5) is 0 Å². The Balaban J connectivity index is 1.69. The van der Waals surface area contributed by atoms with E-state index in [-0.39, 0.29) is 17.2 Å². The molecule has 1 aliphatic heterocycles. The van der Waals surface area contributed by atoms with Crippen molar-refractivity contribution in [2.24, 2.45) is 11.3 Å². The number of nitrogens with one attached hydrogen (secondary N) is 2. The smallest absolute Gasteiger partial charge is 0.224 e. The van der Waals surface area contributed by atoms with Crippen LogP contribution in [-0.4, -0.2) is 19.0 Å². The number of rotatable bonds is 3. The van der Waals surface area contributed by atoms with Crippen molar-refractivity contribution in [3.05, 3.63) is 33.8 Å². The van der Waals surface area contributed by atoms with E-state index < -0.39 is 5.54 Å². The van der Waals surface area contributed by atoms with E-state index in [1.54, 1.807) is 6.07 Å². The number of carbonyl (C=O) groups excluding carboxylic acids is 1. The van der Waals surface area contributed by atoms with Crippen molar-refractivity contribution >= 4 is 29.1 Å². The molecule has 0 radical (unpaired) electrons. The van der Waals surface area contributed by atoms with Gasteiger partial charge >= 0.3 is 0 Å². The maximum absolute atomic E-state index is 12.6. The normalized spacial score (nSPS) is 23.4. The molecule has 2 N–H and O–H groups in total. The topological polar surface area (TPSA) is 41.1 Å². The molecule has 2 aliphatic rings. The van der Waals surface area contributed by atoms with Gasteiger partial charge in [-0.2, -0.15) is 0 Å². The minimum absolute atomic E-state index is 0.164. The van der Waals surface area contributed by atoms with Gasteiger partial charge < -0.3 is 10.6 Å². The Kier molecular flexibility index (Phi) is 4.17. The van der Waals surface area contributed by atoms with Crippen LogP contribution in [0.3, 0.4) is 0 Å². The van der Waals surface area contributed by atoms with Crippen molar-refractivity contribution < 1.29 is 4.79 Å². The molecule has 1 aromatic rings. The fourth-order valence-electron chi connectivity index (χ4n) is 3.55. The maximum Gasteiger partial charge on any atom is 0.224 e. The van der Waals surface area contributed by atoms with Crippen molar-refractivity contribution in [2.45, 2.75) is 38.6 Å². The molecular weight excluding hydrogens is 319 g/mol. The Morgan fingerprint density at radius 3 is 2.59 bits per heavy atom. The largest absolute Gasteiger partial charge is 0.347 e. The van der Waals surface area contributed by atoms with Gasteiger partial charge in [-0.3, -0.25) is 4.79 Å². The van der Waals surface area contributed by atoms with Gasteiger partial charge in [0.05, 0.1) is 15.6 Å². The van der Waals surface area contributed by atoms with Gasteiger partial charge in [0.25, 0.3) is 0 Å². The molecule has 1 aromatic carbocycles. The van der Waals surface area contributed by atoms with Crippen LogP contribution in [0, 0.1) is 11.3 Å². The Bertz CT molecular complexity index is 594. The van der Waals surface area contributed by atoms with Crippen molar-refractivity contribution in [2.75, 3.05) is 13.1 Å². The molecule has 2 fully saturated rings. The fourth-order valence-corrected chi connectivity index (χ4v) is 3.85. The predicted octanol–water partition coefficient (Wildman–Crippen LogP) is 3.73. The van der Waals surface area contributed by atoms with Gasteiger partial charge in [0.15, 0.2) is 0 Å². The van der Waals surface area contributed by atoms with Crippen LogP contribution < -0.4 is 10.6 Å². The maximum atomic E-state index is 12.6. The van der Waals surface area contributed by atoms with Crippen LogP contribution >= 0.6 is 23.2 Å². The highest BCUT2D eigenvalue weighted by molar-refractivity contribution is 6.42. The van der Waals surface area contributed by atoms with E-state index >= 15 is 0 Å². The van der Waals surface area contributed by atoms with Gasteiger partial charge in [-0.1, -0.05) is 29.3 Å². The van der Waals surface area contributed by atoms with E-state index in [0.29, 0.717) is 10.0 Å².